The van der Waals surface area contributed by atoms with Gasteiger partial charge in [0.15, 0.2) is 11.2 Å². The van der Waals surface area contributed by atoms with Crippen molar-refractivity contribution in [2.45, 2.75) is 6.54 Å². The summed E-state index contributed by atoms with van der Waals surface area (Å²) < 4.78 is 13.2. The van der Waals surface area contributed by atoms with Crippen molar-refractivity contribution >= 4 is 11.2 Å². The molecule has 0 bridgehead atoms. The van der Waals surface area contributed by atoms with Gasteiger partial charge in [0, 0.05) is 12.6 Å². The highest BCUT2D eigenvalue weighted by molar-refractivity contribution is 5.69. The summed E-state index contributed by atoms with van der Waals surface area (Å²) in [6.07, 6.45) is 1.45. The minimum atomic E-state index is -0.521. The van der Waals surface area contributed by atoms with E-state index in [0.717, 1.165) is 11.3 Å². The van der Waals surface area contributed by atoms with Crippen molar-refractivity contribution in [1.82, 2.24) is 29.2 Å². The topological polar surface area (TPSA) is 121 Å². The maximum Gasteiger partial charge on any atom is 0.329 e. The molecule has 0 unspecified atom stereocenters. The number of aromatic amines is 1. The van der Waals surface area contributed by atoms with Crippen molar-refractivity contribution in [2.75, 3.05) is 7.11 Å². The number of hydrogen-bond acceptors (Lipinski definition) is 7. The van der Waals surface area contributed by atoms with Gasteiger partial charge in [-0.25, -0.2) is 9.78 Å². The maximum atomic E-state index is 12.1. The molecule has 0 saturated carbocycles. The van der Waals surface area contributed by atoms with E-state index in [1.54, 1.807) is 23.8 Å². The number of aryl methyl sites for hydroxylation is 1. The van der Waals surface area contributed by atoms with E-state index >= 15 is 0 Å². The number of hydrogen-bond donors (Lipinski definition) is 1. The minimum Gasteiger partial charge on any atom is -0.497 e. The fraction of sp³-hybridized carbons (Fsp3) is 0.188. The summed E-state index contributed by atoms with van der Waals surface area (Å²) in [6.45, 7) is 0.154. The molecule has 0 saturated heterocycles. The summed E-state index contributed by atoms with van der Waals surface area (Å²) in [7, 11) is 3.13. The largest absolute Gasteiger partial charge is 0.497 e. The summed E-state index contributed by atoms with van der Waals surface area (Å²) in [5.74, 6) is 1.46. The van der Waals surface area contributed by atoms with E-state index in [1.807, 2.05) is 12.1 Å². The van der Waals surface area contributed by atoms with E-state index in [-0.39, 0.29) is 17.7 Å². The van der Waals surface area contributed by atoms with Crippen LogP contribution in [0.2, 0.25) is 0 Å². The summed E-state index contributed by atoms with van der Waals surface area (Å²) in [4.78, 5) is 34.4. The molecule has 0 amide bonds. The van der Waals surface area contributed by atoms with Crippen LogP contribution in [0.15, 0.2) is 44.7 Å². The van der Waals surface area contributed by atoms with Gasteiger partial charge >= 0.3 is 5.69 Å². The maximum absolute atomic E-state index is 12.1. The van der Waals surface area contributed by atoms with Crippen LogP contribution in [-0.4, -0.2) is 36.4 Å². The average Bonchev–Trinajstić information content (AvgIpc) is 3.28. The second kappa shape index (κ2) is 5.99. The van der Waals surface area contributed by atoms with Gasteiger partial charge < -0.3 is 13.8 Å². The molecule has 0 spiro atoms. The molecule has 10 heteroatoms. The fourth-order valence-corrected chi connectivity index (χ4v) is 2.63. The lowest BCUT2D eigenvalue weighted by Gasteiger charge is -2.01. The van der Waals surface area contributed by atoms with Crippen molar-refractivity contribution in [3.63, 3.8) is 0 Å². The number of imidazole rings is 1. The van der Waals surface area contributed by atoms with Crippen LogP contribution in [0.25, 0.3) is 22.6 Å². The zero-order valence-corrected chi connectivity index (χ0v) is 14.0. The molecule has 3 heterocycles. The van der Waals surface area contributed by atoms with Crippen LogP contribution in [0.1, 0.15) is 5.89 Å². The molecular formula is C16H14N6O4. The first kappa shape index (κ1) is 15.8. The van der Waals surface area contributed by atoms with Gasteiger partial charge in [-0.2, -0.15) is 4.98 Å². The Morgan fingerprint density at radius 3 is 2.73 bits per heavy atom. The SMILES string of the molecule is COc1ccc(-c2noc(Cn3cnc4c3c(=O)[nH]c(=O)n4C)n2)cc1. The van der Waals surface area contributed by atoms with E-state index in [9.17, 15) is 9.59 Å². The third kappa shape index (κ3) is 2.57. The molecule has 1 aromatic carbocycles. The second-order valence-electron chi connectivity index (χ2n) is 5.60. The van der Waals surface area contributed by atoms with Gasteiger partial charge in [0.2, 0.25) is 11.7 Å². The Morgan fingerprint density at radius 1 is 1.23 bits per heavy atom. The predicted octanol–water partition coefficient (Wildman–Crippen LogP) is 0.530. The molecule has 0 fully saturated rings. The Kier molecular flexibility index (Phi) is 3.64. The molecule has 0 atom stereocenters. The van der Waals surface area contributed by atoms with Crippen LogP contribution in [-0.2, 0) is 13.6 Å². The first-order chi connectivity index (χ1) is 12.6. The molecule has 0 aliphatic carbocycles. The second-order valence-corrected chi connectivity index (χ2v) is 5.60. The number of nitrogens with zero attached hydrogens (tertiary/aromatic N) is 5. The van der Waals surface area contributed by atoms with Crippen LogP contribution >= 0.6 is 0 Å². The lowest BCUT2D eigenvalue weighted by molar-refractivity contribution is 0.372. The molecule has 3 aromatic heterocycles. The number of aromatic nitrogens is 6. The number of methoxy groups -OCH3 is 1. The van der Waals surface area contributed by atoms with Crippen molar-refractivity contribution in [3.8, 4) is 17.1 Å². The monoisotopic (exact) mass is 354 g/mol. The molecule has 0 aliphatic rings. The third-order valence-corrected chi connectivity index (χ3v) is 4.00. The zero-order valence-electron chi connectivity index (χ0n) is 14.0. The van der Waals surface area contributed by atoms with Gasteiger partial charge in [-0.05, 0) is 24.3 Å². The number of fused-ring (bicyclic) bond motifs is 1. The highest BCUT2D eigenvalue weighted by Crippen LogP contribution is 2.20. The molecule has 0 radical (unpaired) electrons. The Labute approximate surface area is 145 Å². The van der Waals surface area contributed by atoms with Gasteiger partial charge in [-0.15, -0.1) is 0 Å². The number of H-pyrrole nitrogens is 1. The standard InChI is InChI=1S/C16H14N6O4/c1-21-14-12(15(23)19-16(21)24)22(8-17-14)7-11-18-13(20-26-11)9-3-5-10(25-2)6-4-9/h3-6,8H,7H2,1-2H3,(H,19,23,24). The fourth-order valence-electron chi connectivity index (χ4n) is 2.63. The Bertz CT molecular complexity index is 1200. The minimum absolute atomic E-state index is 0.154. The third-order valence-electron chi connectivity index (χ3n) is 4.00. The lowest BCUT2D eigenvalue weighted by atomic mass is 10.2. The molecule has 26 heavy (non-hydrogen) atoms. The van der Waals surface area contributed by atoms with Crippen LogP contribution in [0.5, 0.6) is 5.75 Å². The Balaban J connectivity index is 1.67. The van der Waals surface area contributed by atoms with E-state index in [4.69, 9.17) is 9.26 Å². The van der Waals surface area contributed by atoms with Gasteiger partial charge in [0.1, 0.15) is 12.3 Å². The quantitative estimate of drug-likeness (QED) is 0.567. The molecule has 10 nitrogen and oxygen atoms in total. The van der Waals surface area contributed by atoms with Gasteiger partial charge in [-0.3, -0.25) is 14.3 Å². The van der Waals surface area contributed by atoms with Gasteiger partial charge in [-0.1, -0.05) is 5.16 Å². The van der Waals surface area contributed by atoms with Crippen molar-refractivity contribution in [1.29, 1.82) is 0 Å². The Hall–Kier alpha value is -3.69. The number of rotatable bonds is 4. The van der Waals surface area contributed by atoms with Crippen LogP contribution < -0.4 is 16.0 Å². The van der Waals surface area contributed by atoms with Crippen LogP contribution in [0.4, 0.5) is 0 Å². The lowest BCUT2D eigenvalue weighted by Crippen LogP contribution is -2.29. The van der Waals surface area contributed by atoms with Crippen molar-refractivity contribution in [3.05, 3.63) is 57.3 Å². The number of nitrogens with one attached hydrogen (secondary N) is 1. The van der Waals surface area contributed by atoms with Crippen LogP contribution in [0, 0.1) is 0 Å². The predicted molar refractivity (Wildman–Crippen MR) is 91.0 cm³/mol. The van der Waals surface area contributed by atoms with E-state index in [2.05, 4.69) is 20.1 Å². The highest BCUT2D eigenvalue weighted by atomic mass is 16.5. The normalized spacial score (nSPS) is 11.2. The number of benzene rings is 1. The molecule has 4 rings (SSSR count). The number of ether oxygens (including phenoxy) is 1. The summed E-state index contributed by atoms with van der Waals surface area (Å²) in [6, 6.07) is 7.24. The summed E-state index contributed by atoms with van der Waals surface area (Å²) in [5.41, 5.74) is 0.282. The van der Waals surface area contributed by atoms with E-state index in [0.29, 0.717) is 11.7 Å². The van der Waals surface area contributed by atoms with Crippen LogP contribution in [0.3, 0.4) is 0 Å². The first-order valence-electron chi connectivity index (χ1n) is 7.68. The summed E-state index contributed by atoms with van der Waals surface area (Å²) >= 11 is 0. The van der Waals surface area contributed by atoms with E-state index < -0.39 is 11.2 Å². The van der Waals surface area contributed by atoms with Crippen molar-refractivity contribution in [2.24, 2.45) is 7.05 Å². The molecule has 132 valence electrons. The molecule has 0 aliphatic heterocycles. The smallest absolute Gasteiger partial charge is 0.329 e. The van der Waals surface area contributed by atoms with E-state index in [1.165, 1.54) is 17.9 Å². The highest BCUT2D eigenvalue weighted by Gasteiger charge is 2.15. The summed E-state index contributed by atoms with van der Waals surface area (Å²) in [5, 5.41) is 3.95. The molecular weight excluding hydrogens is 340 g/mol. The zero-order chi connectivity index (χ0) is 18.3. The van der Waals surface area contributed by atoms with Crippen molar-refractivity contribution < 1.29 is 9.26 Å². The first-order valence-corrected chi connectivity index (χ1v) is 7.68. The van der Waals surface area contributed by atoms with Gasteiger partial charge in [0.25, 0.3) is 5.56 Å². The molecule has 4 aromatic rings. The Morgan fingerprint density at radius 2 is 2.00 bits per heavy atom. The molecule has 1 N–H and O–H groups in total. The average molecular weight is 354 g/mol. The van der Waals surface area contributed by atoms with Gasteiger partial charge in [0.05, 0.1) is 13.4 Å².